The third-order valence-electron chi connectivity index (χ3n) is 4.27. The average molecular weight is 245 g/mol. The van der Waals surface area contributed by atoms with Gasteiger partial charge in [0.25, 0.3) is 0 Å². The SMILES string of the molecule is CC(OC1CCNCC1)c1ccc2c(c1)CCC2. The molecule has 1 N–H and O–H groups in total. The van der Waals surface area contributed by atoms with Gasteiger partial charge in [0, 0.05) is 0 Å². The van der Waals surface area contributed by atoms with E-state index in [-0.39, 0.29) is 6.10 Å². The van der Waals surface area contributed by atoms with Crippen LogP contribution < -0.4 is 5.32 Å². The lowest BCUT2D eigenvalue weighted by Gasteiger charge is -2.26. The van der Waals surface area contributed by atoms with E-state index in [1.165, 1.54) is 24.8 Å². The van der Waals surface area contributed by atoms with Crippen LogP contribution in [0.15, 0.2) is 18.2 Å². The molecule has 0 amide bonds. The number of piperidine rings is 1. The summed E-state index contributed by atoms with van der Waals surface area (Å²) < 4.78 is 6.20. The molecule has 98 valence electrons. The van der Waals surface area contributed by atoms with Crippen molar-refractivity contribution in [1.82, 2.24) is 5.32 Å². The fourth-order valence-corrected chi connectivity index (χ4v) is 3.14. The lowest BCUT2D eigenvalue weighted by atomic mass is 10.0. The summed E-state index contributed by atoms with van der Waals surface area (Å²) >= 11 is 0. The molecule has 3 rings (SSSR count). The summed E-state index contributed by atoms with van der Waals surface area (Å²) in [4.78, 5) is 0. The van der Waals surface area contributed by atoms with Gasteiger partial charge in [-0.3, -0.25) is 0 Å². The molecule has 0 spiro atoms. The smallest absolute Gasteiger partial charge is 0.0800 e. The maximum Gasteiger partial charge on any atom is 0.0800 e. The number of nitrogens with one attached hydrogen (secondary N) is 1. The lowest BCUT2D eigenvalue weighted by molar-refractivity contribution is -0.0186. The van der Waals surface area contributed by atoms with Gasteiger partial charge in [-0.1, -0.05) is 18.2 Å². The Morgan fingerprint density at radius 1 is 1.17 bits per heavy atom. The highest BCUT2D eigenvalue weighted by Crippen LogP contribution is 2.28. The van der Waals surface area contributed by atoms with Crippen molar-refractivity contribution in [3.63, 3.8) is 0 Å². The molecule has 1 aromatic rings. The van der Waals surface area contributed by atoms with Crippen molar-refractivity contribution >= 4 is 0 Å². The maximum absolute atomic E-state index is 6.20. The summed E-state index contributed by atoms with van der Waals surface area (Å²) in [6, 6.07) is 6.93. The Kier molecular flexibility index (Phi) is 3.67. The summed E-state index contributed by atoms with van der Waals surface area (Å²) in [6.45, 7) is 4.39. The summed E-state index contributed by atoms with van der Waals surface area (Å²) in [6.07, 6.45) is 6.81. The van der Waals surface area contributed by atoms with Crippen LogP contribution in [0.5, 0.6) is 0 Å². The van der Waals surface area contributed by atoms with Crippen molar-refractivity contribution < 1.29 is 4.74 Å². The Bertz CT molecular complexity index is 410. The molecule has 1 unspecified atom stereocenters. The summed E-state index contributed by atoms with van der Waals surface area (Å²) in [5.74, 6) is 0. The monoisotopic (exact) mass is 245 g/mol. The fraction of sp³-hybridized carbons (Fsp3) is 0.625. The van der Waals surface area contributed by atoms with Gasteiger partial charge in [0.2, 0.25) is 0 Å². The van der Waals surface area contributed by atoms with E-state index in [0.717, 1.165) is 25.9 Å². The van der Waals surface area contributed by atoms with E-state index in [0.29, 0.717) is 6.10 Å². The zero-order valence-electron chi connectivity index (χ0n) is 11.2. The number of hydrogen-bond acceptors (Lipinski definition) is 2. The molecule has 2 aliphatic rings. The summed E-state index contributed by atoms with van der Waals surface area (Å²) in [5, 5.41) is 3.38. The number of rotatable bonds is 3. The Balaban J connectivity index is 1.66. The largest absolute Gasteiger partial charge is 0.370 e. The molecule has 0 saturated carbocycles. The van der Waals surface area contributed by atoms with E-state index >= 15 is 0 Å². The zero-order valence-corrected chi connectivity index (χ0v) is 11.2. The minimum absolute atomic E-state index is 0.235. The second kappa shape index (κ2) is 5.41. The van der Waals surface area contributed by atoms with E-state index in [4.69, 9.17) is 4.74 Å². The molecule has 1 aromatic carbocycles. The van der Waals surface area contributed by atoms with Gasteiger partial charge in [0.15, 0.2) is 0 Å². The predicted octanol–water partition coefficient (Wildman–Crippen LogP) is 3.00. The molecular weight excluding hydrogens is 222 g/mol. The van der Waals surface area contributed by atoms with Crippen LogP contribution in [-0.2, 0) is 17.6 Å². The van der Waals surface area contributed by atoms with Crippen molar-refractivity contribution in [2.75, 3.05) is 13.1 Å². The second-order valence-corrected chi connectivity index (χ2v) is 5.61. The average Bonchev–Trinajstić information content (AvgIpc) is 2.87. The van der Waals surface area contributed by atoms with Gasteiger partial charge in [-0.15, -0.1) is 0 Å². The van der Waals surface area contributed by atoms with Crippen LogP contribution >= 0.6 is 0 Å². The Morgan fingerprint density at radius 2 is 1.94 bits per heavy atom. The quantitative estimate of drug-likeness (QED) is 0.884. The molecule has 0 bridgehead atoms. The Hall–Kier alpha value is -0.860. The minimum Gasteiger partial charge on any atom is -0.370 e. The van der Waals surface area contributed by atoms with Gasteiger partial charge in [-0.25, -0.2) is 0 Å². The topological polar surface area (TPSA) is 21.3 Å². The molecule has 0 aromatic heterocycles. The Morgan fingerprint density at radius 3 is 2.78 bits per heavy atom. The van der Waals surface area contributed by atoms with Gasteiger partial charge in [-0.2, -0.15) is 0 Å². The van der Waals surface area contributed by atoms with Crippen LogP contribution in [-0.4, -0.2) is 19.2 Å². The van der Waals surface area contributed by atoms with E-state index < -0.39 is 0 Å². The first-order chi connectivity index (χ1) is 8.83. The van der Waals surface area contributed by atoms with Crippen molar-refractivity contribution in [2.24, 2.45) is 0 Å². The van der Waals surface area contributed by atoms with E-state index in [1.807, 2.05) is 0 Å². The van der Waals surface area contributed by atoms with Crippen LogP contribution in [0.4, 0.5) is 0 Å². The second-order valence-electron chi connectivity index (χ2n) is 5.61. The van der Waals surface area contributed by atoms with E-state index in [1.54, 1.807) is 11.1 Å². The molecule has 2 heteroatoms. The highest BCUT2D eigenvalue weighted by atomic mass is 16.5. The molecule has 1 atom stereocenters. The molecular formula is C16H23NO. The maximum atomic E-state index is 6.20. The molecule has 1 saturated heterocycles. The number of fused-ring (bicyclic) bond motifs is 1. The number of benzene rings is 1. The number of hydrogen-bond donors (Lipinski definition) is 1. The zero-order chi connectivity index (χ0) is 12.4. The highest BCUT2D eigenvalue weighted by molar-refractivity contribution is 5.36. The van der Waals surface area contributed by atoms with Crippen molar-refractivity contribution in [2.45, 2.75) is 51.2 Å². The van der Waals surface area contributed by atoms with Crippen molar-refractivity contribution in [3.8, 4) is 0 Å². The Labute approximate surface area is 110 Å². The molecule has 1 aliphatic carbocycles. The minimum atomic E-state index is 0.235. The number of aryl methyl sites for hydroxylation is 2. The lowest BCUT2D eigenvalue weighted by Crippen LogP contribution is -2.33. The van der Waals surface area contributed by atoms with E-state index in [2.05, 4.69) is 30.4 Å². The molecule has 18 heavy (non-hydrogen) atoms. The first-order valence-electron chi connectivity index (χ1n) is 7.31. The molecule has 2 nitrogen and oxygen atoms in total. The van der Waals surface area contributed by atoms with Crippen LogP contribution in [0.3, 0.4) is 0 Å². The standard InChI is InChI=1S/C16H23NO/c1-12(18-16-7-9-17-10-8-16)14-6-5-13-3-2-4-15(13)11-14/h5-6,11-12,16-17H,2-4,7-10H2,1H3. The van der Waals surface area contributed by atoms with Crippen LogP contribution in [0.2, 0.25) is 0 Å². The van der Waals surface area contributed by atoms with Crippen LogP contribution in [0.25, 0.3) is 0 Å². The van der Waals surface area contributed by atoms with Crippen molar-refractivity contribution in [3.05, 3.63) is 34.9 Å². The van der Waals surface area contributed by atoms with Gasteiger partial charge in [0.1, 0.15) is 0 Å². The summed E-state index contributed by atoms with van der Waals surface area (Å²) in [5.41, 5.74) is 4.45. The predicted molar refractivity (Wildman–Crippen MR) is 73.9 cm³/mol. The van der Waals surface area contributed by atoms with Crippen LogP contribution in [0.1, 0.15) is 49.0 Å². The first kappa shape index (κ1) is 12.2. The third kappa shape index (κ3) is 2.60. The van der Waals surface area contributed by atoms with E-state index in [9.17, 15) is 0 Å². The summed E-state index contributed by atoms with van der Waals surface area (Å²) in [7, 11) is 0. The third-order valence-corrected chi connectivity index (χ3v) is 4.27. The molecule has 1 fully saturated rings. The molecule has 1 aliphatic heterocycles. The van der Waals surface area contributed by atoms with Gasteiger partial charge < -0.3 is 10.1 Å². The normalized spacial score (nSPS) is 21.8. The first-order valence-corrected chi connectivity index (χ1v) is 7.31. The van der Waals surface area contributed by atoms with Crippen molar-refractivity contribution in [1.29, 1.82) is 0 Å². The number of ether oxygens (including phenoxy) is 1. The van der Waals surface area contributed by atoms with Gasteiger partial charge in [0.05, 0.1) is 12.2 Å². The van der Waals surface area contributed by atoms with Gasteiger partial charge in [-0.05, 0) is 68.8 Å². The van der Waals surface area contributed by atoms with Gasteiger partial charge >= 0.3 is 0 Å². The fourth-order valence-electron chi connectivity index (χ4n) is 3.14. The molecule has 1 heterocycles. The van der Waals surface area contributed by atoms with Crippen LogP contribution in [0, 0.1) is 0 Å². The molecule has 0 radical (unpaired) electrons. The highest BCUT2D eigenvalue weighted by Gasteiger charge is 2.19.